The summed E-state index contributed by atoms with van der Waals surface area (Å²) in [6.07, 6.45) is 1.45. The van der Waals surface area contributed by atoms with Gasteiger partial charge in [0.15, 0.2) is 0 Å². The summed E-state index contributed by atoms with van der Waals surface area (Å²) in [5, 5.41) is 1.02. The molecule has 0 saturated heterocycles. The number of benzene rings is 2. The fraction of sp³-hybridized carbons (Fsp3) is 0.0588. The molecule has 1 N–H and O–H groups in total. The number of carbonyl (C=O) groups excluding carboxylic acids is 2. The van der Waals surface area contributed by atoms with E-state index in [0.717, 1.165) is 0 Å². The minimum Gasteiger partial charge on any atom is -0.455 e. The molecule has 2 aromatic carbocycles. The van der Waals surface area contributed by atoms with Crippen molar-refractivity contribution >= 4 is 34.3 Å². The lowest BCUT2D eigenvalue weighted by molar-refractivity contribution is -0.139. The van der Waals surface area contributed by atoms with Gasteiger partial charge in [0.1, 0.15) is 12.4 Å². The molecule has 3 aromatic rings. The molecule has 23 heavy (non-hydrogen) atoms. The van der Waals surface area contributed by atoms with Gasteiger partial charge in [-0.05, 0) is 35.9 Å². The molecule has 6 heteroatoms. The van der Waals surface area contributed by atoms with Crippen LogP contribution in [0.1, 0.15) is 15.9 Å². The second kappa shape index (κ2) is 6.22. The summed E-state index contributed by atoms with van der Waals surface area (Å²) in [7, 11) is 0. The Morgan fingerprint density at radius 2 is 1.87 bits per heavy atom. The largest absolute Gasteiger partial charge is 0.455 e. The normalized spacial score (nSPS) is 10.7. The Balaban J connectivity index is 1.75. The Morgan fingerprint density at radius 1 is 1.13 bits per heavy atom. The molecule has 0 aliphatic carbocycles. The van der Waals surface area contributed by atoms with Crippen molar-refractivity contribution in [2.24, 2.45) is 0 Å². The number of aromatic amines is 1. The van der Waals surface area contributed by atoms with Gasteiger partial charge in [-0.1, -0.05) is 23.7 Å². The van der Waals surface area contributed by atoms with Crippen LogP contribution in [0.15, 0.2) is 48.7 Å². The molecule has 4 nitrogen and oxygen atoms in total. The van der Waals surface area contributed by atoms with Crippen LogP contribution in [0.5, 0.6) is 0 Å². The van der Waals surface area contributed by atoms with Gasteiger partial charge in [0.25, 0.3) is 5.78 Å². The summed E-state index contributed by atoms with van der Waals surface area (Å²) in [6, 6.07) is 10.5. The van der Waals surface area contributed by atoms with E-state index in [1.807, 2.05) is 0 Å². The number of H-pyrrole nitrogens is 1. The monoisotopic (exact) mass is 331 g/mol. The highest BCUT2D eigenvalue weighted by molar-refractivity contribution is 6.43. The van der Waals surface area contributed by atoms with Crippen molar-refractivity contribution in [2.75, 3.05) is 0 Å². The van der Waals surface area contributed by atoms with E-state index >= 15 is 0 Å². The second-order valence-corrected chi connectivity index (χ2v) is 5.36. The topological polar surface area (TPSA) is 59.2 Å². The highest BCUT2D eigenvalue weighted by Crippen LogP contribution is 2.23. The number of carbonyl (C=O) groups is 2. The molecular weight excluding hydrogens is 321 g/mol. The average Bonchev–Trinajstić information content (AvgIpc) is 2.96. The molecule has 0 amide bonds. The van der Waals surface area contributed by atoms with Crippen LogP contribution in [-0.2, 0) is 16.1 Å². The van der Waals surface area contributed by atoms with E-state index in [0.29, 0.717) is 21.5 Å². The summed E-state index contributed by atoms with van der Waals surface area (Å²) >= 11 is 5.91. The third kappa shape index (κ3) is 3.24. The zero-order valence-electron chi connectivity index (χ0n) is 11.8. The van der Waals surface area contributed by atoms with Crippen LogP contribution in [0, 0.1) is 5.82 Å². The van der Waals surface area contributed by atoms with Crippen LogP contribution < -0.4 is 0 Å². The number of Topliss-reactive ketones (excluding diaryl/α,β-unsaturated/α-hetero) is 1. The number of nitrogens with one attached hydrogen (secondary N) is 1. The summed E-state index contributed by atoms with van der Waals surface area (Å²) in [5.41, 5.74) is 1.49. The van der Waals surface area contributed by atoms with E-state index in [1.54, 1.807) is 18.2 Å². The Morgan fingerprint density at radius 3 is 2.61 bits per heavy atom. The summed E-state index contributed by atoms with van der Waals surface area (Å²) in [5.74, 6) is -2.12. The number of esters is 1. The van der Waals surface area contributed by atoms with Gasteiger partial charge in [-0.15, -0.1) is 0 Å². The van der Waals surface area contributed by atoms with Crippen LogP contribution in [0.3, 0.4) is 0 Å². The number of halogens is 2. The maximum atomic E-state index is 12.8. The highest BCUT2D eigenvalue weighted by Gasteiger charge is 2.21. The number of hydrogen-bond donors (Lipinski definition) is 1. The van der Waals surface area contributed by atoms with E-state index in [4.69, 9.17) is 16.3 Å². The number of aromatic nitrogens is 1. The van der Waals surface area contributed by atoms with E-state index in [2.05, 4.69) is 4.98 Å². The van der Waals surface area contributed by atoms with E-state index in [9.17, 15) is 14.0 Å². The average molecular weight is 332 g/mol. The molecule has 0 aliphatic rings. The van der Waals surface area contributed by atoms with Crippen LogP contribution in [-0.4, -0.2) is 16.7 Å². The first-order valence-corrected chi connectivity index (χ1v) is 7.15. The van der Waals surface area contributed by atoms with Gasteiger partial charge in [-0.2, -0.15) is 0 Å². The SMILES string of the molecule is O=C(OCc1ccc(F)cc1)C(=O)c1c[nH]c2ccc(Cl)cc12. The van der Waals surface area contributed by atoms with E-state index < -0.39 is 11.8 Å². The Kier molecular flexibility index (Phi) is 4.12. The predicted octanol–water partition coefficient (Wildman–Crippen LogP) is 3.89. The van der Waals surface area contributed by atoms with Gasteiger partial charge in [0.2, 0.25) is 0 Å². The van der Waals surface area contributed by atoms with Gasteiger partial charge in [-0.3, -0.25) is 4.79 Å². The van der Waals surface area contributed by atoms with Crippen molar-refractivity contribution in [1.82, 2.24) is 4.98 Å². The molecule has 0 unspecified atom stereocenters. The molecule has 116 valence electrons. The van der Waals surface area contributed by atoms with Crippen molar-refractivity contribution in [3.05, 3.63) is 70.6 Å². The quantitative estimate of drug-likeness (QED) is 0.448. The molecule has 0 saturated carbocycles. The highest BCUT2D eigenvalue weighted by atomic mass is 35.5. The zero-order valence-corrected chi connectivity index (χ0v) is 12.6. The zero-order chi connectivity index (χ0) is 16.4. The van der Waals surface area contributed by atoms with Crippen LogP contribution in [0.2, 0.25) is 5.02 Å². The minimum atomic E-state index is -0.977. The van der Waals surface area contributed by atoms with Gasteiger partial charge < -0.3 is 9.72 Å². The summed E-state index contributed by atoms with van der Waals surface area (Å²) in [4.78, 5) is 27.0. The fourth-order valence-corrected chi connectivity index (χ4v) is 2.36. The molecule has 0 bridgehead atoms. The maximum Gasteiger partial charge on any atom is 0.380 e. The molecule has 1 aromatic heterocycles. The van der Waals surface area contributed by atoms with E-state index in [1.165, 1.54) is 30.5 Å². The van der Waals surface area contributed by atoms with Crippen molar-refractivity contribution in [3.63, 3.8) is 0 Å². The van der Waals surface area contributed by atoms with Crippen LogP contribution in [0.4, 0.5) is 4.39 Å². The Labute approximate surface area is 135 Å². The minimum absolute atomic E-state index is 0.103. The molecular formula is C17H11ClFNO3. The lowest BCUT2D eigenvalue weighted by atomic mass is 10.1. The molecule has 0 fully saturated rings. The molecule has 0 radical (unpaired) electrons. The summed E-state index contributed by atoms with van der Waals surface area (Å²) in [6.45, 7) is -0.103. The molecule has 1 heterocycles. The molecule has 3 rings (SSSR count). The third-order valence-electron chi connectivity index (χ3n) is 3.36. The first-order valence-electron chi connectivity index (χ1n) is 6.77. The molecule has 0 aliphatic heterocycles. The number of ketones is 1. The molecule has 0 spiro atoms. The first-order chi connectivity index (χ1) is 11.0. The van der Waals surface area contributed by atoms with E-state index in [-0.39, 0.29) is 18.0 Å². The first kappa shape index (κ1) is 15.2. The van der Waals surface area contributed by atoms with Crippen molar-refractivity contribution < 1.29 is 18.7 Å². The fourth-order valence-electron chi connectivity index (χ4n) is 2.19. The van der Waals surface area contributed by atoms with Gasteiger partial charge in [0, 0.05) is 22.1 Å². The van der Waals surface area contributed by atoms with Gasteiger partial charge >= 0.3 is 5.97 Å². The predicted molar refractivity (Wildman–Crippen MR) is 83.8 cm³/mol. The third-order valence-corrected chi connectivity index (χ3v) is 3.59. The number of fused-ring (bicyclic) bond motifs is 1. The van der Waals surface area contributed by atoms with Crippen LogP contribution >= 0.6 is 11.6 Å². The van der Waals surface area contributed by atoms with Crippen molar-refractivity contribution in [1.29, 1.82) is 0 Å². The van der Waals surface area contributed by atoms with Crippen LogP contribution in [0.25, 0.3) is 10.9 Å². The smallest absolute Gasteiger partial charge is 0.380 e. The Bertz CT molecular complexity index is 886. The van der Waals surface area contributed by atoms with Gasteiger partial charge in [-0.25, -0.2) is 9.18 Å². The summed E-state index contributed by atoms with van der Waals surface area (Å²) < 4.78 is 17.8. The lowest BCUT2D eigenvalue weighted by Gasteiger charge is -2.04. The maximum absolute atomic E-state index is 12.8. The lowest BCUT2D eigenvalue weighted by Crippen LogP contribution is -2.17. The van der Waals surface area contributed by atoms with Gasteiger partial charge in [0.05, 0.1) is 5.56 Å². The number of hydrogen-bond acceptors (Lipinski definition) is 3. The van der Waals surface area contributed by atoms with Crippen molar-refractivity contribution in [3.8, 4) is 0 Å². The molecule has 0 atom stereocenters. The van der Waals surface area contributed by atoms with Crippen molar-refractivity contribution in [2.45, 2.75) is 6.61 Å². The number of ether oxygens (including phenoxy) is 1. The second-order valence-electron chi connectivity index (χ2n) is 4.92. The number of rotatable bonds is 4. The standard InChI is InChI=1S/C17H11ClFNO3/c18-11-3-6-15-13(7-11)14(8-20-15)16(21)17(22)23-9-10-1-4-12(19)5-2-10/h1-8,20H,9H2. The Hall–Kier alpha value is -2.66.